The van der Waals surface area contributed by atoms with Gasteiger partial charge in [0.25, 0.3) is 0 Å². The zero-order valence-electron chi connectivity index (χ0n) is 20.7. The molecule has 2 heterocycles. The fourth-order valence-electron chi connectivity index (χ4n) is 6.64. The number of carbonyl (C=O) groups excluding carboxylic acids is 2. The van der Waals surface area contributed by atoms with E-state index < -0.39 is 0 Å². The van der Waals surface area contributed by atoms with Gasteiger partial charge in [-0.05, 0) is 87.1 Å². The molecule has 190 valence electrons. The number of halogens is 1. The number of rotatable bonds is 5. The fraction of sp³-hybridized carbons (Fsp3) is 0.483. The van der Waals surface area contributed by atoms with Gasteiger partial charge >= 0.3 is 12.1 Å². The number of pyridine rings is 1. The Balaban J connectivity index is 1.34. The minimum Gasteiger partial charge on any atom is -0.462 e. The second-order valence-electron chi connectivity index (χ2n) is 10.3. The molecule has 1 aromatic carbocycles. The summed E-state index contributed by atoms with van der Waals surface area (Å²) in [5, 5.41) is 3.00. The van der Waals surface area contributed by atoms with E-state index in [1.54, 1.807) is 19.2 Å². The topological polar surface area (TPSA) is 77.5 Å². The van der Waals surface area contributed by atoms with Gasteiger partial charge in [0.1, 0.15) is 11.9 Å². The lowest BCUT2D eigenvalue weighted by molar-refractivity contribution is -0.144. The maximum absolute atomic E-state index is 13.6. The number of fused-ring (bicyclic) bond motifs is 2. The van der Waals surface area contributed by atoms with E-state index in [4.69, 9.17) is 9.47 Å². The molecule has 7 heteroatoms. The number of benzene rings is 1. The molecule has 3 aliphatic rings. The number of carbonyl (C=O) groups is 2. The highest BCUT2D eigenvalue weighted by Gasteiger charge is 2.54. The van der Waals surface area contributed by atoms with E-state index in [-0.39, 0.29) is 47.8 Å². The van der Waals surface area contributed by atoms with Crippen molar-refractivity contribution in [1.82, 2.24) is 10.3 Å². The number of hydrogen-bond donors (Lipinski definition) is 1. The molecule has 36 heavy (non-hydrogen) atoms. The molecule has 0 unspecified atom stereocenters. The van der Waals surface area contributed by atoms with Crippen LogP contribution in [0.3, 0.4) is 0 Å². The zero-order chi connectivity index (χ0) is 25.2. The van der Waals surface area contributed by atoms with Gasteiger partial charge in [0.15, 0.2) is 0 Å². The Bertz CT molecular complexity index is 1130. The number of nitrogens with zero attached hydrogens (tertiary/aromatic N) is 1. The first kappa shape index (κ1) is 24.5. The summed E-state index contributed by atoms with van der Waals surface area (Å²) in [7, 11) is 0. The molecule has 1 N–H and O–H groups in total. The molecular formula is C29H33FN2O4. The lowest BCUT2D eigenvalue weighted by Gasteiger charge is -2.47. The lowest BCUT2D eigenvalue weighted by atomic mass is 9.57. The van der Waals surface area contributed by atoms with E-state index >= 15 is 0 Å². The maximum Gasteiger partial charge on any atom is 0.407 e. The number of aromatic nitrogens is 1. The van der Waals surface area contributed by atoms with Crippen molar-refractivity contribution in [3.8, 4) is 11.1 Å². The third-order valence-electron chi connectivity index (χ3n) is 8.18. The molecule has 5 rings (SSSR count). The second kappa shape index (κ2) is 10.4. The van der Waals surface area contributed by atoms with Crippen molar-refractivity contribution < 1.29 is 23.5 Å². The van der Waals surface area contributed by atoms with Crippen molar-refractivity contribution in [2.45, 2.75) is 51.7 Å². The van der Waals surface area contributed by atoms with E-state index in [1.165, 1.54) is 12.1 Å². The number of nitrogens with one attached hydrogen (secondary N) is 1. The molecule has 2 aromatic rings. The molecule has 0 spiro atoms. The number of allylic oxidation sites excluding steroid dienone is 1. The van der Waals surface area contributed by atoms with Gasteiger partial charge in [-0.15, -0.1) is 0 Å². The molecule has 1 amide bonds. The molecule has 6 nitrogen and oxygen atoms in total. The smallest absolute Gasteiger partial charge is 0.407 e. The van der Waals surface area contributed by atoms with Crippen LogP contribution in [0.25, 0.3) is 17.2 Å². The van der Waals surface area contributed by atoms with E-state index in [0.717, 1.165) is 42.5 Å². The van der Waals surface area contributed by atoms with Crippen molar-refractivity contribution in [3.05, 3.63) is 60.2 Å². The Morgan fingerprint density at radius 2 is 2.08 bits per heavy atom. The first-order chi connectivity index (χ1) is 17.4. The molecule has 1 aromatic heterocycles. The Labute approximate surface area is 211 Å². The van der Waals surface area contributed by atoms with E-state index in [9.17, 15) is 14.0 Å². The van der Waals surface area contributed by atoms with Crippen LogP contribution in [0.1, 0.15) is 45.2 Å². The maximum atomic E-state index is 13.6. The molecule has 0 bridgehead atoms. The normalized spacial score (nSPS) is 31.4. The minimum absolute atomic E-state index is 0.0679. The summed E-state index contributed by atoms with van der Waals surface area (Å²) in [4.78, 5) is 29.2. The number of amides is 1. The Kier molecular flexibility index (Phi) is 7.08. The van der Waals surface area contributed by atoms with Gasteiger partial charge in [-0.25, -0.2) is 9.18 Å². The molecule has 0 radical (unpaired) electrons. The summed E-state index contributed by atoms with van der Waals surface area (Å²) in [5.74, 6) is 0.629. The molecular weight excluding hydrogens is 459 g/mol. The SMILES string of the molecule is CCOC(=O)N[C@H]1CC[C@@H]2[C@H](C1)C[C@H]1C(=O)O[C@H](C)[C@@H]1[C@H]2C=Cc1ccc(-c2cccc(F)c2)cn1. The lowest BCUT2D eigenvalue weighted by Crippen LogP contribution is -2.48. The minimum atomic E-state index is -0.368. The van der Waals surface area contributed by atoms with Crippen molar-refractivity contribution in [1.29, 1.82) is 0 Å². The van der Waals surface area contributed by atoms with E-state index in [0.29, 0.717) is 18.4 Å². The number of alkyl carbamates (subject to hydrolysis) is 1. The summed E-state index contributed by atoms with van der Waals surface area (Å²) in [5.41, 5.74) is 2.48. The highest BCUT2D eigenvalue weighted by Crippen LogP contribution is 2.53. The molecule has 7 atom stereocenters. The van der Waals surface area contributed by atoms with Crippen molar-refractivity contribution in [3.63, 3.8) is 0 Å². The standard InChI is InChI=1S/C29H33FN2O4/c1-3-35-29(34)32-23-10-11-24-20(14-23)15-26-27(17(2)36-28(26)33)25(24)12-9-22-8-7-19(16-31-22)18-5-4-6-21(30)13-18/h4-9,12-13,16-17,20,23-27H,3,10-11,14-15H2,1-2H3,(H,32,34)/t17-,20-,23+,24-,25+,26-,27-/m1/s1. The van der Waals surface area contributed by atoms with Gasteiger partial charge in [0.2, 0.25) is 0 Å². The van der Waals surface area contributed by atoms with Crippen LogP contribution in [0, 0.1) is 35.4 Å². The van der Waals surface area contributed by atoms with Crippen LogP contribution in [0.5, 0.6) is 0 Å². The summed E-state index contributed by atoms with van der Waals surface area (Å²) < 4.78 is 24.3. The largest absolute Gasteiger partial charge is 0.462 e. The van der Waals surface area contributed by atoms with Crippen LogP contribution in [0.15, 0.2) is 48.7 Å². The average Bonchev–Trinajstić information content (AvgIpc) is 3.15. The Morgan fingerprint density at radius 3 is 2.83 bits per heavy atom. The number of hydrogen-bond acceptors (Lipinski definition) is 5. The first-order valence-electron chi connectivity index (χ1n) is 13.0. The molecule has 1 aliphatic heterocycles. The first-order valence-corrected chi connectivity index (χ1v) is 13.0. The van der Waals surface area contributed by atoms with E-state index in [1.807, 2.05) is 31.2 Å². The van der Waals surface area contributed by atoms with Crippen molar-refractivity contribution >= 4 is 18.1 Å². The molecule has 2 aliphatic carbocycles. The van der Waals surface area contributed by atoms with Crippen LogP contribution < -0.4 is 5.32 Å². The van der Waals surface area contributed by atoms with Gasteiger partial charge in [0.05, 0.1) is 18.2 Å². The van der Waals surface area contributed by atoms with Crippen LogP contribution in [0.2, 0.25) is 0 Å². The predicted octanol–water partition coefficient (Wildman–Crippen LogP) is 5.63. The zero-order valence-corrected chi connectivity index (χ0v) is 20.7. The second-order valence-corrected chi connectivity index (χ2v) is 10.3. The van der Waals surface area contributed by atoms with Crippen molar-refractivity contribution in [2.24, 2.45) is 29.6 Å². The summed E-state index contributed by atoms with van der Waals surface area (Å²) in [6, 6.07) is 10.4. The Morgan fingerprint density at radius 1 is 1.22 bits per heavy atom. The quantitative estimate of drug-likeness (QED) is 0.548. The van der Waals surface area contributed by atoms with Gasteiger partial charge < -0.3 is 14.8 Å². The third-order valence-corrected chi connectivity index (χ3v) is 8.18. The number of ether oxygens (including phenoxy) is 2. The van der Waals surface area contributed by atoms with Crippen LogP contribution in [-0.4, -0.2) is 35.8 Å². The molecule has 3 fully saturated rings. The highest BCUT2D eigenvalue weighted by molar-refractivity contribution is 5.75. The van der Waals surface area contributed by atoms with Gasteiger partial charge in [-0.2, -0.15) is 0 Å². The predicted molar refractivity (Wildman–Crippen MR) is 134 cm³/mol. The summed E-state index contributed by atoms with van der Waals surface area (Å²) in [6.07, 6.45) is 9.07. The number of cyclic esters (lactones) is 1. The Hall–Kier alpha value is -3.22. The van der Waals surface area contributed by atoms with Crippen LogP contribution in [0.4, 0.5) is 9.18 Å². The average molecular weight is 493 g/mol. The van der Waals surface area contributed by atoms with Crippen LogP contribution in [-0.2, 0) is 14.3 Å². The van der Waals surface area contributed by atoms with Gasteiger partial charge in [-0.1, -0.05) is 24.3 Å². The van der Waals surface area contributed by atoms with E-state index in [2.05, 4.69) is 16.4 Å². The van der Waals surface area contributed by atoms with Crippen LogP contribution >= 0.6 is 0 Å². The van der Waals surface area contributed by atoms with Gasteiger partial charge in [-0.3, -0.25) is 9.78 Å². The summed E-state index contributed by atoms with van der Waals surface area (Å²) >= 11 is 0. The monoisotopic (exact) mass is 492 g/mol. The van der Waals surface area contributed by atoms with Crippen molar-refractivity contribution in [2.75, 3.05) is 6.61 Å². The molecule has 1 saturated heterocycles. The van der Waals surface area contributed by atoms with Gasteiger partial charge in [0, 0.05) is 23.7 Å². The molecule has 2 saturated carbocycles. The summed E-state index contributed by atoms with van der Waals surface area (Å²) in [6.45, 7) is 4.15. The highest BCUT2D eigenvalue weighted by atomic mass is 19.1. The number of esters is 1. The fourth-order valence-corrected chi connectivity index (χ4v) is 6.64. The third kappa shape index (κ3) is 5.01.